The molecule has 0 aromatic rings. The van der Waals surface area contributed by atoms with Crippen molar-refractivity contribution in [1.82, 2.24) is 0 Å². The molecule has 0 fully saturated rings. The minimum absolute atomic E-state index is 0.0478. The fourth-order valence-corrected chi connectivity index (χ4v) is 0.804. The third-order valence-electron chi connectivity index (χ3n) is 1.46. The molecule has 14 heavy (non-hydrogen) atoms. The van der Waals surface area contributed by atoms with Gasteiger partial charge < -0.3 is 9.84 Å². The Hall–Kier alpha value is -1.58. The van der Waals surface area contributed by atoms with E-state index in [4.69, 9.17) is 9.84 Å². The Labute approximate surface area is 82.9 Å². The molecule has 1 atom stereocenters. The summed E-state index contributed by atoms with van der Waals surface area (Å²) in [6.45, 7) is 8.52. The zero-order chi connectivity index (χ0) is 11.1. The summed E-state index contributed by atoms with van der Waals surface area (Å²) in [4.78, 5) is 21.4. The first-order chi connectivity index (χ1) is 6.47. The molecule has 0 bridgehead atoms. The molecule has 0 heterocycles. The normalized spacial score (nSPS) is 11.5. The quantitative estimate of drug-likeness (QED) is 0.399. The largest absolute Gasteiger partial charge is 0.481 e. The predicted molar refractivity (Wildman–Crippen MR) is 51.8 cm³/mol. The molecule has 0 spiro atoms. The third-order valence-corrected chi connectivity index (χ3v) is 1.46. The second-order valence-electron chi connectivity index (χ2n) is 2.91. The molecular formula is C10H14O4. The molecule has 0 rings (SSSR count). The predicted octanol–water partition coefficient (Wildman–Crippen LogP) is 1.53. The van der Waals surface area contributed by atoms with E-state index in [1.165, 1.54) is 0 Å². The van der Waals surface area contributed by atoms with Crippen LogP contribution in [0.2, 0.25) is 0 Å². The number of rotatable bonds is 6. The van der Waals surface area contributed by atoms with Crippen molar-refractivity contribution in [3.8, 4) is 0 Å². The van der Waals surface area contributed by atoms with Gasteiger partial charge in [0.1, 0.15) is 6.10 Å². The van der Waals surface area contributed by atoms with E-state index < -0.39 is 11.9 Å². The lowest BCUT2D eigenvalue weighted by molar-refractivity contribution is -0.146. The molecule has 0 saturated carbocycles. The van der Waals surface area contributed by atoms with Gasteiger partial charge in [0.05, 0.1) is 6.42 Å². The number of carboxylic acids is 1. The highest BCUT2D eigenvalue weighted by molar-refractivity contribution is 5.92. The van der Waals surface area contributed by atoms with Gasteiger partial charge in [0.2, 0.25) is 0 Å². The summed E-state index contributed by atoms with van der Waals surface area (Å²) < 4.78 is 4.88. The highest BCUT2D eigenvalue weighted by Crippen LogP contribution is 2.06. The van der Waals surface area contributed by atoms with Crippen molar-refractivity contribution in [3.05, 3.63) is 24.8 Å². The molecule has 0 aliphatic rings. The molecule has 78 valence electrons. The van der Waals surface area contributed by atoms with Crippen LogP contribution in [-0.4, -0.2) is 23.1 Å². The number of hydrogen-bond acceptors (Lipinski definition) is 3. The molecule has 1 unspecified atom stereocenters. The average molecular weight is 198 g/mol. The zero-order valence-electron chi connectivity index (χ0n) is 8.16. The van der Waals surface area contributed by atoms with Gasteiger partial charge in [0, 0.05) is 12.0 Å². The number of hydrogen-bond donors (Lipinski definition) is 1. The first-order valence-electron chi connectivity index (χ1n) is 4.18. The molecule has 4 heteroatoms. The topological polar surface area (TPSA) is 63.6 Å². The lowest BCUT2D eigenvalue weighted by atomic mass is 10.2. The van der Waals surface area contributed by atoms with Gasteiger partial charge in [0.25, 0.3) is 0 Å². The van der Waals surface area contributed by atoms with E-state index in [2.05, 4.69) is 13.2 Å². The Morgan fingerprint density at radius 1 is 1.57 bits per heavy atom. The van der Waals surface area contributed by atoms with Crippen molar-refractivity contribution in [1.29, 1.82) is 0 Å². The summed E-state index contributed by atoms with van der Waals surface area (Å²) in [5.74, 6) is -1.76. The van der Waals surface area contributed by atoms with Crippen molar-refractivity contribution >= 4 is 11.9 Å². The molecule has 0 saturated heterocycles. The number of carboxylic acid groups (broad SMARTS) is 1. The van der Waals surface area contributed by atoms with Gasteiger partial charge in [-0.25, -0.2) is 4.79 Å². The second-order valence-corrected chi connectivity index (χ2v) is 2.91. The minimum Gasteiger partial charge on any atom is -0.481 e. The van der Waals surface area contributed by atoms with Gasteiger partial charge in [-0.05, 0) is 6.92 Å². The van der Waals surface area contributed by atoms with Gasteiger partial charge in [-0.1, -0.05) is 12.7 Å². The monoisotopic (exact) mass is 198 g/mol. The van der Waals surface area contributed by atoms with E-state index in [9.17, 15) is 9.59 Å². The van der Waals surface area contributed by atoms with Crippen LogP contribution in [0.3, 0.4) is 0 Å². The summed E-state index contributed by atoms with van der Waals surface area (Å²) >= 11 is 0. The molecule has 0 aromatic carbocycles. The second kappa shape index (κ2) is 5.96. The Balaban J connectivity index is 4.01. The summed E-state index contributed by atoms with van der Waals surface area (Å²) in [5, 5.41) is 8.39. The number of esters is 1. The summed E-state index contributed by atoms with van der Waals surface area (Å²) in [7, 11) is 0. The fraction of sp³-hybridized carbons (Fsp3) is 0.400. The van der Waals surface area contributed by atoms with Crippen molar-refractivity contribution < 1.29 is 19.4 Å². The zero-order valence-corrected chi connectivity index (χ0v) is 8.16. The van der Waals surface area contributed by atoms with E-state index in [-0.39, 0.29) is 18.1 Å². The molecule has 1 N–H and O–H groups in total. The van der Waals surface area contributed by atoms with Crippen LogP contribution < -0.4 is 0 Å². The van der Waals surface area contributed by atoms with Crippen LogP contribution in [0.1, 0.15) is 19.8 Å². The number of ether oxygens (including phenoxy) is 1. The van der Waals surface area contributed by atoms with Gasteiger partial charge in [0.15, 0.2) is 0 Å². The van der Waals surface area contributed by atoms with Crippen molar-refractivity contribution in [2.45, 2.75) is 25.9 Å². The average Bonchev–Trinajstić information content (AvgIpc) is 2.02. The highest BCUT2D eigenvalue weighted by atomic mass is 16.5. The smallest absolute Gasteiger partial charge is 0.334 e. The summed E-state index contributed by atoms with van der Waals surface area (Å²) in [6, 6.07) is 0. The standard InChI is InChI=1S/C10H14O4/c1-4-5-8(3)14-10(13)7(2)6-9(11)12/h4,8H,1-2,5-6H2,3H3,(H,11,12). The van der Waals surface area contributed by atoms with Crippen LogP contribution in [0.25, 0.3) is 0 Å². The van der Waals surface area contributed by atoms with Crippen LogP contribution in [0.5, 0.6) is 0 Å². The van der Waals surface area contributed by atoms with Crippen LogP contribution in [-0.2, 0) is 14.3 Å². The van der Waals surface area contributed by atoms with Gasteiger partial charge >= 0.3 is 11.9 Å². The maximum atomic E-state index is 11.1. The molecule has 0 amide bonds. The van der Waals surface area contributed by atoms with Crippen LogP contribution in [0, 0.1) is 0 Å². The first-order valence-corrected chi connectivity index (χ1v) is 4.18. The van der Waals surface area contributed by atoms with Crippen LogP contribution >= 0.6 is 0 Å². The lowest BCUT2D eigenvalue weighted by Crippen LogP contribution is -2.17. The van der Waals surface area contributed by atoms with E-state index in [0.29, 0.717) is 6.42 Å². The Morgan fingerprint density at radius 3 is 2.57 bits per heavy atom. The summed E-state index contributed by atoms with van der Waals surface area (Å²) in [5.41, 5.74) is -0.0478. The van der Waals surface area contributed by atoms with Crippen molar-refractivity contribution in [2.75, 3.05) is 0 Å². The summed E-state index contributed by atoms with van der Waals surface area (Å²) in [6.07, 6.45) is 1.47. The highest BCUT2D eigenvalue weighted by Gasteiger charge is 2.14. The molecule has 0 radical (unpaired) electrons. The number of aliphatic carboxylic acids is 1. The van der Waals surface area contributed by atoms with E-state index in [0.717, 1.165) is 0 Å². The molecular weight excluding hydrogens is 184 g/mol. The first kappa shape index (κ1) is 12.4. The van der Waals surface area contributed by atoms with Crippen molar-refractivity contribution in [2.24, 2.45) is 0 Å². The van der Waals surface area contributed by atoms with Gasteiger partial charge in [-0.2, -0.15) is 0 Å². The Morgan fingerprint density at radius 2 is 2.14 bits per heavy atom. The Bertz CT molecular complexity index is 255. The number of carbonyl (C=O) groups excluding carboxylic acids is 1. The number of carbonyl (C=O) groups is 2. The Kier molecular flexibility index (Phi) is 5.29. The minimum atomic E-state index is -1.09. The van der Waals surface area contributed by atoms with E-state index in [1.54, 1.807) is 13.0 Å². The van der Waals surface area contributed by atoms with E-state index >= 15 is 0 Å². The molecule has 4 nitrogen and oxygen atoms in total. The maximum absolute atomic E-state index is 11.1. The SMILES string of the molecule is C=CCC(C)OC(=O)C(=C)CC(=O)O. The molecule has 0 aliphatic carbocycles. The maximum Gasteiger partial charge on any atom is 0.334 e. The van der Waals surface area contributed by atoms with Gasteiger partial charge in [-0.15, -0.1) is 6.58 Å². The van der Waals surface area contributed by atoms with Crippen LogP contribution in [0.15, 0.2) is 24.8 Å². The van der Waals surface area contributed by atoms with Crippen molar-refractivity contribution in [3.63, 3.8) is 0 Å². The lowest BCUT2D eigenvalue weighted by Gasteiger charge is -2.11. The molecule has 0 aliphatic heterocycles. The molecule has 0 aromatic heterocycles. The third kappa shape index (κ3) is 5.13. The van der Waals surface area contributed by atoms with Crippen LogP contribution in [0.4, 0.5) is 0 Å². The fourth-order valence-electron chi connectivity index (χ4n) is 0.804. The van der Waals surface area contributed by atoms with Gasteiger partial charge in [-0.3, -0.25) is 4.79 Å². The van der Waals surface area contributed by atoms with E-state index in [1.807, 2.05) is 0 Å².